The third kappa shape index (κ3) is 4.32. The predicted molar refractivity (Wildman–Crippen MR) is 80.5 cm³/mol. The summed E-state index contributed by atoms with van der Waals surface area (Å²) in [6, 6.07) is 14.9. The number of carbonyl (C=O) groups excluding carboxylic acids is 1. The van der Waals surface area contributed by atoms with Gasteiger partial charge < -0.3 is 4.74 Å². The molecule has 6 heteroatoms. The Labute approximate surface area is 123 Å². The van der Waals surface area contributed by atoms with Crippen LogP contribution in [0.25, 0.3) is 0 Å². The molecule has 1 N–H and O–H groups in total. The Morgan fingerprint density at radius 2 is 1.67 bits per heavy atom. The SMILES string of the molecule is COC(=O)c1ccc(CS(=O)(=O)Nc2ccccc2)cc1. The van der Waals surface area contributed by atoms with Crippen molar-refractivity contribution in [3.63, 3.8) is 0 Å². The van der Waals surface area contributed by atoms with Crippen molar-refractivity contribution >= 4 is 21.7 Å². The molecule has 0 bridgehead atoms. The van der Waals surface area contributed by atoms with E-state index in [0.29, 0.717) is 16.8 Å². The number of carbonyl (C=O) groups is 1. The van der Waals surface area contributed by atoms with E-state index in [4.69, 9.17) is 0 Å². The molecule has 0 unspecified atom stereocenters. The van der Waals surface area contributed by atoms with E-state index in [1.165, 1.54) is 7.11 Å². The Kier molecular flexibility index (Phi) is 4.59. The first-order valence-electron chi connectivity index (χ1n) is 6.23. The monoisotopic (exact) mass is 305 g/mol. The lowest BCUT2D eigenvalue weighted by molar-refractivity contribution is 0.0600. The van der Waals surface area contributed by atoms with Gasteiger partial charge in [-0.3, -0.25) is 4.72 Å². The van der Waals surface area contributed by atoms with Gasteiger partial charge in [0.05, 0.1) is 18.4 Å². The molecular formula is C15H15NO4S. The van der Waals surface area contributed by atoms with Crippen molar-refractivity contribution in [1.29, 1.82) is 0 Å². The summed E-state index contributed by atoms with van der Waals surface area (Å²) in [6.45, 7) is 0. The van der Waals surface area contributed by atoms with E-state index in [-0.39, 0.29) is 5.75 Å². The van der Waals surface area contributed by atoms with Crippen LogP contribution in [0, 0.1) is 0 Å². The zero-order valence-electron chi connectivity index (χ0n) is 11.4. The molecule has 0 aromatic heterocycles. The molecule has 5 nitrogen and oxygen atoms in total. The van der Waals surface area contributed by atoms with E-state index in [1.807, 2.05) is 6.07 Å². The van der Waals surface area contributed by atoms with E-state index in [9.17, 15) is 13.2 Å². The van der Waals surface area contributed by atoms with Crippen LogP contribution in [0.3, 0.4) is 0 Å². The van der Waals surface area contributed by atoms with Crippen LogP contribution in [0.2, 0.25) is 0 Å². The number of hydrogen-bond acceptors (Lipinski definition) is 4. The fourth-order valence-electron chi connectivity index (χ4n) is 1.80. The minimum Gasteiger partial charge on any atom is -0.465 e. The van der Waals surface area contributed by atoms with Gasteiger partial charge in [-0.1, -0.05) is 30.3 Å². The van der Waals surface area contributed by atoms with Crippen LogP contribution in [0.1, 0.15) is 15.9 Å². The average molecular weight is 305 g/mol. The Morgan fingerprint density at radius 3 is 2.24 bits per heavy atom. The molecule has 0 spiro atoms. The summed E-state index contributed by atoms with van der Waals surface area (Å²) in [5.74, 6) is -0.615. The summed E-state index contributed by atoms with van der Waals surface area (Å²) in [4.78, 5) is 11.3. The summed E-state index contributed by atoms with van der Waals surface area (Å²) in [7, 11) is -2.20. The molecule has 0 aliphatic rings. The fourth-order valence-corrected chi connectivity index (χ4v) is 2.99. The van der Waals surface area contributed by atoms with Gasteiger partial charge in [-0.15, -0.1) is 0 Å². The molecule has 0 heterocycles. The summed E-state index contributed by atoms with van der Waals surface area (Å²) < 4.78 is 31.2. The number of rotatable bonds is 5. The number of anilines is 1. The van der Waals surface area contributed by atoms with Gasteiger partial charge in [-0.25, -0.2) is 13.2 Å². The molecule has 0 atom stereocenters. The summed E-state index contributed by atoms with van der Waals surface area (Å²) in [5, 5.41) is 0. The molecule has 21 heavy (non-hydrogen) atoms. The molecule has 0 amide bonds. The number of esters is 1. The number of benzene rings is 2. The zero-order chi connectivity index (χ0) is 15.3. The van der Waals surface area contributed by atoms with E-state index >= 15 is 0 Å². The van der Waals surface area contributed by atoms with E-state index in [1.54, 1.807) is 48.5 Å². The summed E-state index contributed by atoms with van der Waals surface area (Å²) >= 11 is 0. The minimum absolute atomic E-state index is 0.163. The highest BCUT2D eigenvalue weighted by atomic mass is 32.2. The molecule has 2 aromatic carbocycles. The molecule has 2 rings (SSSR count). The molecule has 0 aliphatic heterocycles. The normalized spacial score (nSPS) is 10.9. The van der Waals surface area contributed by atoms with Crippen LogP contribution < -0.4 is 4.72 Å². The van der Waals surface area contributed by atoms with Gasteiger partial charge in [0, 0.05) is 5.69 Å². The lowest BCUT2D eigenvalue weighted by Crippen LogP contribution is -2.15. The van der Waals surface area contributed by atoms with Crippen molar-refractivity contribution in [2.75, 3.05) is 11.8 Å². The second kappa shape index (κ2) is 6.41. The maximum atomic E-state index is 12.0. The van der Waals surface area contributed by atoms with E-state index in [2.05, 4.69) is 9.46 Å². The lowest BCUT2D eigenvalue weighted by atomic mass is 10.1. The van der Waals surface area contributed by atoms with Crippen LogP contribution in [0.5, 0.6) is 0 Å². The number of sulfonamides is 1. The molecule has 0 fully saturated rings. The highest BCUT2D eigenvalue weighted by molar-refractivity contribution is 7.91. The molecule has 0 radical (unpaired) electrons. The van der Waals surface area contributed by atoms with Crippen LogP contribution in [0.4, 0.5) is 5.69 Å². The summed E-state index contributed by atoms with van der Waals surface area (Å²) in [5.41, 5.74) is 1.49. The number of ether oxygens (including phenoxy) is 1. The van der Waals surface area contributed by atoms with Crippen molar-refractivity contribution in [3.05, 3.63) is 65.7 Å². The number of nitrogens with one attached hydrogen (secondary N) is 1. The second-order valence-electron chi connectivity index (χ2n) is 4.42. The maximum Gasteiger partial charge on any atom is 0.337 e. The first-order chi connectivity index (χ1) is 10.00. The molecule has 0 saturated carbocycles. The van der Waals surface area contributed by atoms with Gasteiger partial charge in [0.15, 0.2) is 0 Å². The van der Waals surface area contributed by atoms with Gasteiger partial charge in [-0.05, 0) is 29.8 Å². The van der Waals surface area contributed by atoms with E-state index < -0.39 is 16.0 Å². The molecular weight excluding hydrogens is 290 g/mol. The van der Waals surface area contributed by atoms with Gasteiger partial charge in [-0.2, -0.15) is 0 Å². The Hall–Kier alpha value is -2.34. The zero-order valence-corrected chi connectivity index (χ0v) is 12.3. The first kappa shape index (κ1) is 15.1. The predicted octanol–water partition coefficient (Wildman–Crippen LogP) is 2.42. The van der Waals surface area contributed by atoms with Crippen molar-refractivity contribution in [2.45, 2.75) is 5.75 Å². The highest BCUT2D eigenvalue weighted by Crippen LogP contribution is 2.13. The molecule has 2 aromatic rings. The van der Waals surface area contributed by atoms with Gasteiger partial charge in [0.25, 0.3) is 0 Å². The van der Waals surface area contributed by atoms with Crippen LogP contribution in [0.15, 0.2) is 54.6 Å². The molecule has 110 valence electrons. The highest BCUT2D eigenvalue weighted by Gasteiger charge is 2.12. The topological polar surface area (TPSA) is 72.5 Å². The number of hydrogen-bond donors (Lipinski definition) is 1. The van der Waals surface area contributed by atoms with E-state index in [0.717, 1.165) is 0 Å². The Bertz CT molecular complexity index is 709. The standard InChI is InChI=1S/C15H15NO4S/c1-20-15(17)13-9-7-12(8-10-13)11-21(18,19)16-14-5-3-2-4-6-14/h2-10,16H,11H2,1H3. The van der Waals surface area contributed by atoms with Gasteiger partial charge >= 0.3 is 5.97 Å². The van der Waals surface area contributed by atoms with Gasteiger partial charge in [0.2, 0.25) is 10.0 Å². The molecule has 0 saturated heterocycles. The smallest absolute Gasteiger partial charge is 0.337 e. The fraction of sp³-hybridized carbons (Fsp3) is 0.133. The Balaban J connectivity index is 2.08. The van der Waals surface area contributed by atoms with Crippen molar-refractivity contribution in [1.82, 2.24) is 0 Å². The minimum atomic E-state index is -3.49. The second-order valence-corrected chi connectivity index (χ2v) is 6.14. The quantitative estimate of drug-likeness (QED) is 0.861. The van der Waals surface area contributed by atoms with Crippen molar-refractivity contribution in [3.8, 4) is 0 Å². The molecule has 0 aliphatic carbocycles. The Morgan fingerprint density at radius 1 is 1.05 bits per heavy atom. The van der Waals surface area contributed by atoms with Crippen LogP contribution in [-0.4, -0.2) is 21.5 Å². The third-order valence-corrected chi connectivity index (χ3v) is 4.04. The summed E-state index contributed by atoms with van der Waals surface area (Å²) in [6.07, 6.45) is 0. The first-order valence-corrected chi connectivity index (χ1v) is 7.88. The van der Waals surface area contributed by atoms with Crippen LogP contribution in [-0.2, 0) is 20.5 Å². The average Bonchev–Trinajstić information content (AvgIpc) is 2.47. The van der Waals surface area contributed by atoms with Crippen LogP contribution >= 0.6 is 0 Å². The van der Waals surface area contributed by atoms with Crippen molar-refractivity contribution in [2.24, 2.45) is 0 Å². The number of para-hydroxylation sites is 1. The van der Waals surface area contributed by atoms with Crippen molar-refractivity contribution < 1.29 is 17.9 Å². The third-order valence-electron chi connectivity index (χ3n) is 2.78. The largest absolute Gasteiger partial charge is 0.465 e. The maximum absolute atomic E-state index is 12.0. The van der Waals surface area contributed by atoms with Gasteiger partial charge in [0.1, 0.15) is 0 Å². The lowest BCUT2D eigenvalue weighted by Gasteiger charge is -2.08. The number of methoxy groups -OCH3 is 1.